The van der Waals surface area contributed by atoms with E-state index in [1.165, 1.54) is 6.07 Å². The fraction of sp³-hybridized carbons (Fsp3) is 0.200. The molecule has 0 bridgehead atoms. The first-order chi connectivity index (χ1) is 8.99. The van der Waals surface area contributed by atoms with Crippen LogP contribution in [0.5, 0.6) is 0 Å². The molecule has 0 aliphatic carbocycles. The summed E-state index contributed by atoms with van der Waals surface area (Å²) in [5.74, 6) is -0.411. The van der Waals surface area contributed by atoms with E-state index in [1.807, 2.05) is 6.92 Å². The molecule has 2 aromatic carbocycles. The number of hydrogen-bond donors (Lipinski definition) is 1. The largest absolute Gasteiger partial charge is 0.388 e. The molecule has 1 N–H and O–H groups in total. The summed E-state index contributed by atoms with van der Waals surface area (Å²) in [6, 6.07) is 9.76. The quantitative estimate of drug-likeness (QED) is 0.869. The maximum atomic E-state index is 13.7. The average Bonchev–Trinajstić information content (AvgIpc) is 2.36. The molecule has 0 heterocycles. The van der Waals surface area contributed by atoms with Crippen molar-refractivity contribution in [3.05, 3.63) is 69.0 Å². The van der Waals surface area contributed by atoms with Gasteiger partial charge >= 0.3 is 0 Å². The van der Waals surface area contributed by atoms with Crippen molar-refractivity contribution < 1.29 is 9.50 Å². The second kappa shape index (κ2) is 5.91. The van der Waals surface area contributed by atoms with Gasteiger partial charge in [0.05, 0.1) is 6.10 Å². The second-order valence-corrected chi connectivity index (χ2v) is 5.25. The van der Waals surface area contributed by atoms with Crippen molar-refractivity contribution in [2.75, 3.05) is 0 Å². The van der Waals surface area contributed by atoms with E-state index in [4.69, 9.17) is 23.2 Å². The molecule has 0 spiro atoms. The van der Waals surface area contributed by atoms with Crippen LogP contribution >= 0.6 is 23.2 Å². The first-order valence-electron chi connectivity index (χ1n) is 5.86. The van der Waals surface area contributed by atoms with Crippen LogP contribution in [0.15, 0.2) is 36.4 Å². The third kappa shape index (κ3) is 3.27. The number of halogens is 3. The summed E-state index contributed by atoms with van der Waals surface area (Å²) in [4.78, 5) is 0. The molecular weight excluding hydrogens is 286 g/mol. The molecular formula is C15H13Cl2FO. The molecule has 4 heteroatoms. The fourth-order valence-electron chi connectivity index (χ4n) is 1.99. The summed E-state index contributed by atoms with van der Waals surface area (Å²) in [6.45, 7) is 1.83. The summed E-state index contributed by atoms with van der Waals surface area (Å²) >= 11 is 11.7. The Bertz CT molecular complexity index is 599. The van der Waals surface area contributed by atoms with Gasteiger partial charge < -0.3 is 5.11 Å². The summed E-state index contributed by atoms with van der Waals surface area (Å²) in [7, 11) is 0. The Morgan fingerprint density at radius 2 is 1.95 bits per heavy atom. The molecule has 1 atom stereocenters. The molecule has 0 fully saturated rings. The van der Waals surface area contributed by atoms with Gasteiger partial charge in [-0.05, 0) is 41.8 Å². The van der Waals surface area contributed by atoms with Gasteiger partial charge in [0.1, 0.15) is 5.82 Å². The van der Waals surface area contributed by atoms with E-state index in [2.05, 4.69) is 0 Å². The zero-order chi connectivity index (χ0) is 14.0. The van der Waals surface area contributed by atoms with Crippen LogP contribution in [0, 0.1) is 12.7 Å². The van der Waals surface area contributed by atoms with Gasteiger partial charge in [0.2, 0.25) is 0 Å². The van der Waals surface area contributed by atoms with Crippen molar-refractivity contribution >= 4 is 23.2 Å². The number of benzene rings is 2. The normalized spacial score (nSPS) is 12.5. The van der Waals surface area contributed by atoms with Gasteiger partial charge in [-0.1, -0.05) is 41.4 Å². The highest BCUT2D eigenvalue weighted by atomic mass is 35.5. The van der Waals surface area contributed by atoms with Crippen molar-refractivity contribution in [2.45, 2.75) is 19.4 Å². The van der Waals surface area contributed by atoms with E-state index >= 15 is 0 Å². The minimum absolute atomic E-state index is 0.185. The smallest absolute Gasteiger partial charge is 0.127 e. The van der Waals surface area contributed by atoms with E-state index in [-0.39, 0.29) is 6.42 Å². The van der Waals surface area contributed by atoms with Crippen LogP contribution in [0.4, 0.5) is 4.39 Å². The third-order valence-electron chi connectivity index (χ3n) is 3.10. The van der Waals surface area contributed by atoms with E-state index in [0.29, 0.717) is 21.2 Å². The molecule has 2 rings (SSSR count). The molecule has 0 saturated heterocycles. The Kier molecular flexibility index (Phi) is 4.46. The molecule has 0 saturated carbocycles. The highest BCUT2D eigenvalue weighted by Gasteiger charge is 2.15. The molecule has 100 valence electrons. The molecule has 1 unspecified atom stereocenters. The Hall–Kier alpha value is -1.09. The molecule has 2 aromatic rings. The summed E-state index contributed by atoms with van der Waals surface area (Å²) in [5, 5.41) is 11.1. The van der Waals surface area contributed by atoms with Crippen LogP contribution in [-0.2, 0) is 6.42 Å². The molecule has 0 aliphatic rings. The lowest BCUT2D eigenvalue weighted by Gasteiger charge is -2.15. The van der Waals surface area contributed by atoms with E-state index in [0.717, 1.165) is 5.56 Å². The Labute approximate surface area is 121 Å². The van der Waals surface area contributed by atoms with Gasteiger partial charge in [0, 0.05) is 16.5 Å². The minimum Gasteiger partial charge on any atom is -0.388 e. The van der Waals surface area contributed by atoms with E-state index in [9.17, 15) is 9.50 Å². The fourth-order valence-corrected chi connectivity index (χ4v) is 2.33. The number of aliphatic hydroxyl groups excluding tert-OH is 1. The van der Waals surface area contributed by atoms with Gasteiger partial charge in [-0.3, -0.25) is 0 Å². The molecule has 0 radical (unpaired) electrons. The van der Waals surface area contributed by atoms with Gasteiger partial charge in [0.15, 0.2) is 0 Å². The van der Waals surface area contributed by atoms with Crippen LogP contribution in [0.2, 0.25) is 10.0 Å². The summed E-state index contributed by atoms with van der Waals surface area (Å²) in [5.41, 5.74) is 1.95. The lowest BCUT2D eigenvalue weighted by atomic mass is 9.97. The first kappa shape index (κ1) is 14.3. The lowest BCUT2D eigenvalue weighted by molar-refractivity contribution is 0.176. The number of aliphatic hydroxyl groups is 1. The molecule has 19 heavy (non-hydrogen) atoms. The highest BCUT2D eigenvalue weighted by molar-refractivity contribution is 6.31. The maximum absolute atomic E-state index is 13.7. The number of rotatable bonds is 3. The van der Waals surface area contributed by atoms with Crippen molar-refractivity contribution in [2.24, 2.45) is 0 Å². The molecule has 0 aromatic heterocycles. The van der Waals surface area contributed by atoms with Gasteiger partial charge in [0.25, 0.3) is 0 Å². The maximum Gasteiger partial charge on any atom is 0.127 e. The zero-order valence-corrected chi connectivity index (χ0v) is 11.8. The standard InChI is InChI=1S/C15H13Cl2FO/c1-9-12(3-2-4-13(9)17)15(19)7-10-5-6-11(16)8-14(10)18/h2-6,8,15,19H,7H2,1H3. The Balaban J connectivity index is 2.25. The third-order valence-corrected chi connectivity index (χ3v) is 3.74. The van der Waals surface area contributed by atoms with Crippen molar-refractivity contribution in [3.8, 4) is 0 Å². The zero-order valence-electron chi connectivity index (χ0n) is 10.3. The number of hydrogen-bond acceptors (Lipinski definition) is 1. The van der Waals surface area contributed by atoms with Crippen molar-refractivity contribution in [1.29, 1.82) is 0 Å². The van der Waals surface area contributed by atoms with Gasteiger partial charge in [-0.25, -0.2) is 4.39 Å². The van der Waals surface area contributed by atoms with Crippen LogP contribution < -0.4 is 0 Å². The molecule has 1 nitrogen and oxygen atoms in total. The van der Waals surface area contributed by atoms with Gasteiger partial charge in [-0.15, -0.1) is 0 Å². The molecule has 0 amide bonds. The Morgan fingerprint density at radius 3 is 2.63 bits per heavy atom. The van der Waals surface area contributed by atoms with E-state index < -0.39 is 11.9 Å². The van der Waals surface area contributed by atoms with Crippen LogP contribution in [0.3, 0.4) is 0 Å². The SMILES string of the molecule is Cc1c(Cl)cccc1C(O)Cc1ccc(Cl)cc1F. The second-order valence-electron chi connectivity index (χ2n) is 4.41. The summed E-state index contributed by atoms with van der Waals surface area (Å²) in [6.07, 6.45) is -0.612. The lowest BCUT2D eigenvalue weighted by Crippen LogP contribution is -2.05. The minimum atomic E-state index is -0.797. The first-order valence-corrected chi connectivity index (χ1v) is 6.61. The Morgan fingerprint density at radius 1 is 1.21 bits per heavy atom. The van der Waals surface area contributed by atoms with E-state index in [1.54, 1.807) is 30.3 Å². The predicted octanol–water partition coefficient (Wildman–Crippen LogP) is 4.72. The monoisotopic (exact) mass is 298 g/mol. The summed E-state index contributed by atoms with van der Waals surface area (Å²) < 4.78 is 13.7. The van der Waals surface area contributed by atoms with Crippen LogP contribution in [0.25, 0.3) is 0 Å². The van der Waals surface area contributed by atoms with Crippen LogP contribution in [-0.4, -0.2) is 5.11 Å². The van der Waals surface area contributed by atoms with Crippen molar-refractivity contribution in [1.82, 2.24) is 0 Å². The van der Waals surface area contributed by atoms with Gasteiger partial charge in [-0.2, -0.15) is 0 Å². The highest BCUT2D eigenvalue weighted by Crippen LogP contribution is 2.27. The van der Waals surface area contributed by atoms with Crippen LogP contribution in [0.1, 0.15) is 22.8 Å². The topological polar surface area (TPSA) is 20.2 Å². The van der Waals surface area contributed by atoms with Crippen molar-refractivity contribution in [3.63, 3.8) is 0 Å². The molecule has 0 aliphatic heterocycles. The predicted molar refractivity (Wildman–Crippen MR) is 76.3 cm³/mol. The average molecular weight is 299 g/mol.